The summed E-state index contributed by atoms with van der Waals surface area (Å²) in [6.07, 6.45) is 6.26. The van der Waals surface area contributed by atoms with Crippen LogP contribution in [0, 0.1) is 11.7 Å². The maximum Gasteiger partial charge on any atom is 0.241 e. The number of ketones is 1. The minimum absolute atomic E-state index is 0.0335. The van der Waals surface area contributed by atoms with Gasteiger partial charge in [0.1, 0.15) is 12.4 Å². The van der Waals surface area contributed by atoms with Crippen LogP contribution in [0.5, 0.6) is 0 Å². The van der Waals surface area contributed by atoms with Crippen LogP contribution in [-0.4, -0.2) is 51.8 Å². The number of amides is 1. The molecule has 1 saturated heterocycles. The lowest BCUT2D eigenvalue weighted by Gasteiger charge is -2.37. The van der Waals surface area contributed by atoms with Crippen molar-refractivity contribution in [1.82, 2.24) is 20.0 Å². The number of nitrogens with zero attached hydrogens (tertiary/aromatic N) is 3. The van der Waals surface area contributed by atoms with Gasteiger partial charge in [0, 0.05) is 43.1 Å². The van der Waals surface area contributed by atoms with E-state index in [4.69, 9.17) is 12.6 Å². The normalized spacial score (nSPS) is 21.8. The molecule has 2 unspecified atom stereocenters. The maximum atomic E-state index is 14.6. The third kappa shape index (κ3) is 5.07. The molecule has 0 radical (unpaired) electrons. The number of hydrogen-bond acceptors (Lipinski definition) is 5. The van der Waals surface area contributed by atoms with E-state index in [0.29, 0.717) is 18.7 Å². The topological polar surface area (TPSA) is 67.2 Å². The summed E-state index contributed by atoms with van der Waals surface area (Å²) in [5.41, 5.74) is 2.21. The highest BCUT2D eigenvalue weighted by Crippen LogP contribution is 2.39. The second-order valence-corrected chi connectivity index (χ2v) is 8.83. The van der Waals surface area contributed by atoms with E-state index in [-0.39, 0.29) is 35.2 Å². The molecular weight excluding hydrogens is 415 g/mol. The molecule has 1 amide bonds. The molecular formula is C23H27FN4O2S. The van der Waals surface area contributed by atoms with Gasteiger partial charge in [-0.3, -0.25) is 19.2 Å². The quantitative estimate of drug-likeness (QED) is 0.647. The molecule has 4 rings (SSSR count). The first-order chi connectivity index (χ1) is 15.0. The molecule has 31 heavy (non-hydrogen) atoms. The van der Waals surface area contributed by atoms with E-state index in [1.807, 2.05) is 12.1 Å². The summed E-state index contributed by atoms with van der Waals surface area (Å²) in [6, 6.07) is 7.84. The van der Waals surface area contributed by atoms with Crippen LogP contribution < -0.4 is 5.32 Å². The van der Waals surface area contributed by atoms with Gasteiger partial charge in [-0.1, -0.05) is 18.2 Å². The van der Waals surface area contributed by atoms with E-state index >= 15 is 0 Å². The van der Waals surface area contributed by atoms with Crippen LogP contribution in [0.15, 0.2) is 42.1 Å². The van der Waals surface area contributed by atoms with Crippen molar-refractivity contribution in [3.05, 3.63) is 59.2 Å². The maximum absolute atomic E-state index is 14.6. The smallest absolute Gasteiger partial charge is 0.241 e. The molecule has 2 aromatic rings. The fourth-order valence-electron chi connectivity index (χ4n) is 4.03. The van der Waals surface area contributed by atoms with Crippen molar-refractivity contribution in [1.29, 1.82) is 0 Å². The third-order valence-electron chi connectivity index (χ3n) is 5.90. The molecule has 0 bridgehead atoms. The van der Waals surface area contributed by atoms with Crippen LogP contribution in [0.2, 0.25) is 0 Å². The molecule has 2 fully saturated rings. The molecule has 1 saturated carbocycles. The molecule has 0 spiro atoms. The van der Waals surface area contributed by atoms with Crippen molar-refractivity contribution in [2.45, 2.75) is 37.1 Å². The first kappa shape index (κ1) is 21.8. The first-order valence-corrected chi connectivity index (χ1v) is 11.1. The monoisotopic (exact) mass is 442 g/mol. The Morgan fingerprint density at radius 2 is 2.06 bits per heavy atom. The van der Waals surface area contributed by atoms with E-state index < -0.39 is 6.04 Å². The number of halogens is 1. The van der Waals surface area contributed by atoms with Crippen molar-refractivity contribution in [2.24, 2.45) is 5.92 Å². The summed E-state index contributed by atoms with van der Waals surface area (Å²) in [6.45, 7) is 1.35. The lowest BCUT2D eigenvalue weighted by Crippen LogP contribution is -2.42. The predicted molar refractivity (Wildman–Crippen MR) is 120 cm³/mol. The highest BCUT2D eigenvalue weighted by molar-refractivity contribution is 7.81. The van der Waals surface area contributed by atoms with Gasteiger partial charge < -0.3 is 5.32 Å². The number of thiol groups is 1. The number of rotatable bonds is 7. The Morgan fingerprint density at radius 1 is 1.29 bits per heavy atom. The fourth-order valence-corrected chi connectivity index (χ4v) is 4.30. The number of benzene rings is 1. The van der Waals surface area contributed by atoms with Gasteiger partial charge in [0.2, 0.25) is 5.91 Å². The molecule has 8 heteroatoms. The number of hydrogen-bond donors (Lipinski definition) is 2. The van der Waals surface area contributed by atoms with Crippen LogP contribution in [0.1, 0.15) is 36.6 Å². The van der Waals surface area contributed by atoms with Crippen LogP contribution >= 0.6 is 12.6 Å². The van der Waals surface area contributed by atoms with Crippen molar-refractivity contribution in [2.75, 3.05) is 20.1 Å². The average molecular weight is 443 g/mol. The van der Waals surface area contributed by atoms with Crippen molar-refractivity contribution >= 4 is 30.4 Å². The molecule has 6 nitrogen and oxygen atoms in total. The minimum atomic E-state index is -0.580. The summed E-state index contributed by atoms with van der Waals surface area (Å²) < 4.78 is 16.2. The van der Waals surface area contributed by atoms with Crippen molar-refractivity contribution < 1.29 is 14.0 Å². The van der Waals surface area contributed by atoms with E-state index in [1.165, 1.54) is 6.07 Å². The van der Waals surface area contributed by atoms with Crippen LogP contribution in [0.25, 0.3) is 6.08 Å². The highest BCUT2D eigenvalue weighted by atomic mass is 32.1. The molecule has 2 aliphatic rings. The van der Waals surface area contributed by atoms with Gasteiger partial charge in [0.25, 0.3) is 0 Å². The van der Waals surface area contributed by atoms with Gasteiger partial charge in [0.15, 0.2) is 5.78 Å². The molecule has 2 atom stereocenters. The Hall–Kier alpha value is -2.45. The Balaban J connectivity index is 1.58. The lowest BCUT2D eigenvalue weighted by molar-refractivity contribution is -0.126. The molecule has 1 aromatic heterocycles. The van der Waals surface area contributed by atoms with Crippen molar-refractivity contribution in [3.8, 4) is 0 Å². The zero-order valence-corrected chi connectivity index (χ0v) is 18.4. The molecule has 2 heterocycles. The van der Waals surface area contributed by atoms with Gasteiger partial charge in [-0.25, -0.2) is 4.39 Å². The lowest BCUT2D eigenvalue weighted by atomic mass is 9.93. The van der Waals surface area contributed by atoms with E-state index in [1.54, 1.807) is 36.1 Å². The van der Waals surface area contributed by atoms with Gasteiger partial charge in [-0.05, 0) is 43.0 Å². The molecule has 1 aromatic carbocycles. The van der Waals surface area contributed by atoms with E-state index in [0.717, 1.165) is 30.5 Å². The zero-order chi connectivity index (χ0) is 22.0. The number of aromatic nitrogens is 2. The SMILES string of the molecule is CNC(=O)Cn1ccc(C=C2CN(C(C(=O)C3CC3)c3ccccc3F)CCC2S)n1. The number of carbonyl (C=O) groups is 2. The van der Waals surface area contributed by atoms with E-state index in [9.17, 15) is 14.0 Å². The Morgan fingerprint density at radius 3 is 2.77 bits per heavy atom. The van der Waals surface area contributed by atoms with Crippen molar-refractivity contribution in [3.63, 3.8) is 0 Å². The molecule has 1 N–H and O–H groups in total. The van der Waals surface area contributed by atoms with Gasteiger partial charge in [-0.15, -0.1) is 0 Å². The Bertz CT molecular complexity index is 1000. The second-order valence-electron chi connectivity index (χ2n) is 8.21. The predicted octanol–water partition coefficient (Wildman–Crippen LogP) is 2.88. The summed E-state index contributed by atoms with van der Waals surface area (Å²) >= 11 is 4.73. The standard InChI is InChI=1S/C23H27FN4O2S/c1-25-21(29)14-28-11-8-17(26-28)12-16-13-27(10-9-20(16)31)22(23(30)15-6-7-15)18-4-2-3-5-19(18)24/h2-5,8,11-12,15,20,22,31H,6-7,9-10,13-14H2,1H3,(H,25,29). The zero-order valence-electron chi connectivity index (χ0n) is 17.5. The van der Waals surface area contributed by atoms with Gasteiger partial charge in [-0.2, -0.15) is 17.7 Å². The third-order valence-corrected chi connectivity index (χ3v) is 6.49. The fraction of sp³-hybridized carbons (Fsp3) is 0.435. The van der Waals surface area contributed by atoms with E-state index in [2.05, 4.69) is 15.3 Å². The summed E-state index contributed by atoms with van der Waals surface area (Å²) in [5, 5.41) is 7.06. The molecule has 1 aliphatic carbocycles. The molecule has 1 aliphatic heterocycles. The van der Waals surface area contributed by atoms with Crippen LogP contribution in [0.3, 0.4) is 0 Å². The number of carbonyl (C=O) groups excluding carboxylic acids is 2. The number of likely N-dealkylation sites (tertiary alicyclic amines) is 1. The first-order valence-electron chi connectivity index (χ1n) is 10.6. The Kier molecular flexibility index (Phi) is 6.57. The van der Waals surface area contributed by atoms with Gasteiger partial charge >= 0.3 is 0 Å². The van der Waals surface area contributed by atoms with Crippen LogP contribution in [0.4, 0.5) is 4.39 Å². The Labute approximate surface area is 186 Å². The molecule has 164 valence electrons. The van der Waals surface area contributed by atoms with Crippen LogP contribution in [-0.2, 0) is 16.1 Å². The average Bonchev–Trinajstić information content (AvgIpc) is 3.53. The number of piperidine rings is 1. The van der Waals surface area contributed by atoms with Gasteiger partial charge in [0.05, 0.1) is 11.7 Å². The second kappa shape index (κ2) is 9.36. The largest absolute Gasteiger partial charge is 0.358 e. The number of likely N-dealkylation sites (N-methyl/N-ethyl adjacent to an activating group) is 1. The number of Topliss-reactive ketones (excluding diaryl/α,β-unsaturated/α-hetero) is 1. The highest BCUT2D eigenvalue weighted by Gasteiger charge is 2.40. The summed E-state index contributed by atoms with van der Waals surface area (Å²) in [4.78, 5) is 26.8. The number of nitrogens with one attached hydrogen (secondary N) is 1. The summed E-state index contributed by atoms with van der Waals surface area (Å²) in [5.74, 6) is -0.319. The summed E-state index contributed by atoms with van der Waals surface area (Å²) in [7, 11) is 1.59. The minimum Gasteiger partial charge on any atom is -0.358 e.